The molecule has 5 nitrogen and oxygen atoms in total. The summed E-state index contributed by atoms with van der Waals surface area (Å²) in [5, 5.41) is 14.4. The molecule has 0 saturated carbocycles. The van der Waals surface area contributed by atoms with Crippen LogP contribution in [0, 0.1) is 0 Å². The third-order valence-corrected chi connectivity index (χ3v) is 4.17. The van der Waals surface area contributed by atoms with Gasteiger partial charge in [-0.15, -0.1) is 0 Å². The van der Waals surface area contributed by atoms with Crippen LogP contribution in [0.5, 0.6) is 0 Å². The number of aromatic nitrogens is 2. The molecule has 20 heavy (non-hydrogen) atoms. The summed E-state index contributed by atoms with van der Waals surface area (Å²) < 4.78 is 24.5. The Morgan fingerprint density at radius 2 is 1.90 bits per heavy atom. The SMILES string of the molecule is CCCn1cc(C(O)c2ccc(S(C)(=O)=O)cc2)cn1. The van der Waals surface area contributed by atoms with E-state index in [0.717, 1.165) is 19.2 Å². The van der Waals surface area contributed by atoms with Gasteiger partial charge in [0.05, 0.1) is 11.1 Å². The van der Waals surface area contributed by atoms with Crippen molar-refractivity contribution in [2.75, 3.05) is 6.26 Å². The highest BCUT2D eigenvalue weighted by molar-refractivity contribution is 7.90. The maximum absolute atomic E-state index is 11.4. The Morgan fingerprint density at radius 3 is 2.45 bits per heavy atom. The van der Waals surface area contributed by atoms with Gasteiger partial charge in [-0.3, -0.25) is 4.68 Å². The van der Waals surface area contributed by atoms with E-state index in [1.54, 1.807) is 29.2 Å². The van der Waals surface area contributed by atoms with Gasteiger partial charge in [-0.1, -0.05) is 19.1 Å². The maximum Gasteiger partial charge on any atom is 0.175 e. The molecule has 0 aliphatic rings. The first-order valence-corrected chi connectivity index (χ1v) is 8.31. The maximum atomic E-state index is 11.4. The first-order valence-electron chi connectivity index (χ1n) is 6.42. The van der Waals surface area contributed by atoms with Crippen LogP contribution in [0.1, 0.15) is 30.6 Å². The fourth-order valence-corrected chi connectivity index (χ4v) is 2.59. The Balaban J connectivity index is 2.22. The predicted octanol–water partition coefficient (Wildman–Crippen LogP) is 1.78. The molecule has 1 atom stereocenters. The summed E-state index contributed by atoms with van der Waals surface area (Å²) in [6, 6.07) is 6.26. The van der Waals surface area contributed by atoms with Crippen molar-refractivity contribution in [3.05, 3.63) is 47.8 Å². The van der Waals surface area contributed by atoms with Crippen LogP contribution in [0.25, 0.3) is 0 Å². The van der Waals surface area contributed by atoms with Gasteiger partial charge in [0, 0.05) is 24.6 Å². The minimum atomic E-state index is -3.21. The molecule has 0 spiro atoms. The van der Waals surface area contributed by atoms with Gasteiger partial charge in [0.2, 0.25) is 0 Å². The van der Waals surface area contributed by atoms with Gasteiger partial charge >= 0.3 is 0 Å². The quantitative estimate of drug-likeness (QED) is 0.912. The number of hydrogen-bond donors (Lipinski definition) is 1. The lowest BCUT2D eigenvalue weighted by Gasteiger charge is -2.09. The van der Waals surface area contributed by atoms with Crippen LogP contribution in [-0.4, -0.2) is 29.6 Å². The monoisotopic (exact) mass is 294 g/mol. The molecule has 0 bridgehead atoms. The van der Waals surface area contributed by atoms with E-state index in [1.807, 2.05) is 0 Å². The second-order valence-electron chi connectivity index (χ2n) is 4.78. The number of nitrogens with zero attached hydrogens (tertiary/aromatic N) is 2. The van der Waals surface area contributed by atoms with E-state index in [-0.39, 0.29) is 4.90 Å². The zero-order valence-corrected chi connectivity index (χ0v) is 12.3. The summed E-state index contributed by atoms with van der Waals surface area (Å²) in [5.41, 5.74) is 1.35. The molecule has 1 aromatic heterocycles. The number of hydrogen-bond acceptors (Lipinski definition) is 4. The number of aliphatic hydroxyl groups is 1. The molecule has 0 saturated heterocycles. The number of sulfone groups is 1. The molecule has 0 aliphatic heterocycles. The third kappa shape index (κ3) is 3.26. The van der Waals surface area contributed by atoms with Gasteiger partial charge in [0.25, 0.3) is 0 Å². The molecule has 1 aromatic carbocycles. The summed E-state index contributed by atoms with van der Waals surface area (Å²) in [4.78, 5) is 0.245. The smallest absolute Gasteiger partial charge is 0.175 e. The second-order valence-corrected chi connectivity index (χ2v) is 6.80. The summed E-state index contributed by atoms with van der Waals surface area (Å²) in [5.74, 6) is 0. The highest BCUT2D eigenvalue weighted by atomic mass is 32.2. The van der Waals surface area contributed by atoms with Crippen molar-refractivity contribution in [1.29, 1.82) is 0 Å². The van der Waals surface area contributed by atoms with E-state index in [4.69, 9.17) is 0 Å². The Hall–Kier alpha value is -1.66. The van der Waals surface area contributed by atoms with Gasteiger partial charge in [-0.05, 0) is 24.1 Å². The fourth-order valence-electron chi connectivity index (χ4n) is 1.96. The lowest BCUT2D eigenvalue weighted by Crippen LogP contribution is -2.01. The van der Waals surface area contributed by atoms with E-state index in [1.165, 1.54) is 12.1 Å². The molecule has 2 rings (SSSR count). The molecule has 2 aromatic rings. The number of aliphatic hydroxyl groups excluding tert-OH is 1. The molecule has 1 N–H and O–H groups in total. The van der Waals surface area contributed by atoms with Crippen molar-refractivity contribution in [2.45, 2.75) is 30.9 Å². The van der Waals surface area contributed by atoms with Crippen LogP contribution in [-0.2, 0) is 16.4 Å². The van der Waals surface area contributed by atoms with Gasteiger partial charge in [0.1, 0.15) is 6.10 Å². The Morgan fingerprint density at radius 1 is 1.25 bits per heavy atom. The van der Waals surface area contributed by atoms with Gasteiger partial charge in [-0.25, -0.2) is 8.42 Å². The molecule has 108 valence electrons. The first kappa shape index (κ1) is 14.7. The summed E-state index contributed by atoms with van der Waals surface area (Å²) in [6.45, 7) is 2.86. The van der Waals surface area contributed by atoms with Crippen molar-refractivity contribution >= 4 is 9.84 Å². The topological polar surface area (TPSA) is 72.2 Å². The molecule has 1 heterocycles. The van der Waals surface area contributed by atoms with Crippen molar-refractivity contribution in [3.63, 3.8) is 0 Å². The Labute approximate surface area is 118 Å². The summed E-state index contributed by atoms with van der Waals surface area (Å²) in [6.07, 6.45) is 4.77. The van der Waals surface area contributed by atoms with Crippen molar-refractivity contribution in [3.8, 4) is 0 Å². The minimum absolute atomic E-state index is 0.245. The van der Waals surface area contributed by atoms with Gasteiger partial charge < -0.3 is 5.11 Å². The second kappa shape index (κ2) is 5.76. The molecular weight excluding hydrogens is 276 g/mol. The van der Waals surface area contributed by atoms with E-state index < -0.39 is 15.9 Å². The third-order valence-electron chi connectivity index (χ3n) is 3.05. The minimum Gasteiger partial charge on any atom is -0.384 e. The summed E-state index contributed by atoms with van der Waals surface area (Å²) in [7, 11) is -3.21. The highest BCUT2D eigenvalue weighted by Crippen LogP contribution is 2.22. The standard InChI is InChI=1S/C14H18N2O3S/c1-3-8-16-10-12(9-15-16)14(17)11-4-6-13(7-5-11)20(2,18)19/h4-7,9-10,14,17H,3,8H2,1-2H3. The van der Waals surface area contributed by atoms with Crippen LogP contribution in [0.2, 0.25) is 0 Å². The molecule has 0 amide bonds. The van der Waals surface area contributed by atoms with Crippen LogP contribution in [0.3, 0.4) is 0 Å². The lowest BCUT2D eigenvalue weighted by molar-refractivity contribution is 0.220. The van der Waals surface area contributed by atoms with E-state index >= 15 is 0 Å². The molecule has 0 fully saturated rings. The van der Waals surface area contributed by atoms with E-state index in [9.17, 15) is 13.5 Å². The van der Waals surface area contributed by atoms with Crippen molar-refractivity contribution in [2.24, 2.45) is 0 Å². The largest absolute Gasteiger partial charge is 0.384 e. The van der Waals surface area contributed by atoms with Crippen LogP contribution < -0.4 is 0 Å². The Bertz CT molecular complexity index is 675. The van der Waals surface area contributed by atoms with E-state index in [2.05, 4.69) is 12.0 Å². The Kier molecular flexibility index (Phi) is 4.25. The highest BCUT2D eigenvalue weighted by Gasteiger charge is 2.14. The predicted molar refractivity (Wildman–Crippen MR) is 76.1 cm³/mol. The van der Waals surface area contributed by atoms with Crippen LogP contribution in [0.4, 0.5) is 0 Å². The lowest BCUT2D eigenvalue weighted by atomic mass is 10.1. The molecule has 0 radical (unpaired) electrons. The molecule has 6 heteroatoms. The number of aryl methyl sites for hydroxylation is 1. The zero-order valence-electron chi connectivity index (χ0n) is 11.5. The number of benzene rings is 1. The molecular formula is C14H18N2O3S. The normalized spacial score (nSPS) is 13.3. The summed E-state index contributed by atoms with van der Waals surface area (Å²) >= 11 is 0. The van der Waals surface area contributed by atoms with Gasteiger partial charge in [0.15, 0.2) is 9.84 Å². The average Bonchev–Trinajstić information content (AvgIpc) is 2.86. The fraction of sp³-hybridized carbons (Fsp3) is 0.357. The van der Waals surface area contributed by atoms with Crippen molar-refractivity contribution in [1.82, 2.24) is 9.78 Å². The molecule has 1 unspecified atom stereocenters. The van der Waals surface area contributed by atoms with Crippen LogP contribution >= 0.6 is 0 Å². The first-order chi connectivity index (χ1) is 9.41. The van der Waals surface area contributed by atoms with Crippen LogP contribution in [0.15, 0.2) is 41.6 Å². The van der Waals surface area contributed by atoms with E-state index in [0.29, 0.717) is 11.1 Å². The van der Waals surface area contributed by atoms with Crippen molar-refractivity contribution < 1.29 is 13.5 Å². The average molecular weight is 294 g/mol. The number of rotatable bonds is 5. The zero-order chi connectivity index (χ0) is 14.8. The van der Waals surface area contributed by atoms with Gasteiger partial charge in [-0.2, -0.15) is 5.10 Å². The molecule has 0 aliphatic carbocycles.